The first kappa shape index (κ1) is 35.2. The first-order chi connectivity index (χ1) is 31.3. The maximum Gasteiger partial charge on any atom is 0.0735 e. The molecule has 2 aliphatic rings. The van der Waals surface area contributed by atoms with Crippen molar-refractivity contribution in [1.29, 1.82) is 0 Å². The molecule has 1 aliphatic carbocycles. The number of aromatic nitrogens is 1. The van der Waals surface area contributed by atoms with Crippen LogP contribution in [0.1, 0.15) is 22.3 Å². The molecule has 0 amide bonds. The van der Waals surface area contributed by atoms with Gasteiger partial charge in [-0.2, -0.15) is 0 Å². The number of nitrogens with zero attached hydrogens (tertiary/aromatic N) is 2. The molecule has 0 atom stereocenters. The predicted molar refractivity (Wildman–Crippen MR) is 267 cm³/mol. The third kappa shape index (κ3) is 4.85. The van der Waals surface area contributed by atoms with Gasteiger partial charge in [0, 0.05) is 63.2 Å². The van der Waals surface area contributed by atoms with Crippen LogP contribution in [0.5, 0.6) is 0 Å². The second kappa shape index (κ2) is 13.3. The normalized spacial score (nSPS) is 13.5. The molecule has 4 heteroatoms. The molecule has 0 bridgehead atoms. The van der Waals surface area contributed by atoms with Crippen LogP contribution in [-0.2, 0) is 5.41 Å². The van der Waals surface area contributed by atoms with Crippen LogP contribution in [0.3, 0.4) is 0 Å². The number of benzene rings is 10. The van der Waals surface area contributed by atoms with E-state index in [0.717, 1.165) is 22.7 Å². The van der Waals surface area contributed by atoms with Crippen molar-refractivity contribution in [1.82, 2.24) is 4.57 Å². The van der Waals surface area contributed by atoms with Gasteiger partial charge in [-0.1, -0.05) is 163 Å². The van der Waals surface area contributed by atoms with E-state index in [0.29, 0.717) is 0 Å². The molecule has 2 nitrogen and oxygen atoms in total. The topological polar surface area (TPSA) is 8.17 Å². The lowest BCUT2D eigenvalue weighted by Gasteiger charge is -2.46. The van der Waals surface area contributed by atoms with E-state index >= 15 is 0 Å². The minimum atomic E-state index is -0.503. The van der Waals surface area contributed by atoms with Gasteiger partial charge in [0.2, 0.25) is 0 Å². The Morgan fingerprint density at radius 1 is 0.381 bits per heavy atom. The Morgan fingerprint density at radius 3 is 1.81 bits per heavy atom. The average Bonchev–Trinajstić information content (AvgIpc) is 3.88. The van der Waals surface area contributed by atoms with E-state index in [1.165, 1.54) is 95.9 Å². The lowest BCUT2D eigenvalue weighted by Crippen LogP contribution is -2.36. The molecule has 0 N–H and O–H groups in total. The third-order valence-electron chi connectivity index (χ3n) is 13.6. The van der Waals surface area contributed by atoms with Crippen molar-refractivity contribution in [2.24, 2.45) is 0 Å². The summed E-state index contributed by atoms with van der Waals surface area (Å²) in [4.78, 5) is 5.14. The second-order valence-corrected chi connectivity index (χ2v) is 18.9. The molecule has 1 aliphatic heterocycles. The lowest BCUT2D eigenvalue weighted by molar-refractivity contribution is 0.707. The van der Waals surface area contributed by atoms with Gasteiger partial charge in [-0.25, -0.2) is 0 Å². The van der Waals surface area contributed by atoms with Gasteiger partial charge >= 0.3 is 0 Å². The maximum atomic E-state index is 2.52. The molecular weight excluding hydrogens is 801 g/mol. The fraction of sp³-hybridized carbons (Fsp3) is 0.0169. The fourth-order valence-electron chi connectivity index (χ4n) is 11.1. The summed E-state index contributed by atoms with van der Waals surface area (Å²) < 4.78 is 5.01. The summed E-state index contributed by atoms with van der Waals surface area (Å²) >= 11 is 3.76. The Labute approximate surface area is 372 Å². The Morgan fingerprint density at radius 2 is 0.984 bits per heavy atom. The molecule has 14 rings (SSSR count). The van der Waals surface area contributed by atoms with Crippen LogP contribution in [0.15, 0.2) is 228 Å². The highest BCUT2D eigenvalue weighted by atomic mass is 32.2. The summed E-state index contributed by atoms with van der Waals surface area (Å²) in [5, 5.41) is 7.62. The summed E-state index contributed by atoms with van der Waals surface area (Å²) in [7, 11) is 0. The Hall–Kier alpha value is -7.37. The van der Waals surface area contributed by atoms with Gasteiger partial charge in [-0.3, -0.25) is 0 Å². The summed E-state index contributed by atoms with van der Waals surface area (Å²) in [6, 6.07) is 81.7. The molecule has 0 radical (unpaired) electrons. The van der Waals surface area contributed by atoms with E-state index in [9.17, 15) is 0 Å². The van der Waals surface area contributed by atoms with E-state index < -0.39 is 5.41 Å². The Balaban J connectivity index is 1.09. The zero-order valence-electron chi connectivity index (χ0n) is 34.0. The smallest absolute Gasteiger partial charge is 0.0735 e. The summed E-state index contributed by atoms with van der Waals surface area (Å²) in [5.74, 6) is 0. The predicted octanol–water partition coefficient (Wildman–Crippen LogP) is 16.6. The quantitative estimate of drug-likeness (QED) is 0.174. The van der Waals surface area contributed by atoms with Crippen molar-refractivity contribution in [3.63, 3.8) is 0 Å². The molecule has 10 aromatic carbocycles. The van der Waals surface area contributed by atoms with Gasteiger partial charge in [-0.15, -0.1) is 11.3 Å². The highest BCUT2D eigenvalue weighted by Gasteiger charge is 2.48. The van der Waals surface area contributed by atoms with E-state index in [2.05, 4.69) is 228 Å². The van der Waals surface area contributed by atoms with Gasteiger partial charge in [-0.05, 0) is 105 Å². The summed E-state index contributed by atoms with van der Waals surface area (Å²) in [6.07, 6.45) is 0. The first-order valence-electron chi connectivity index (χ1n) is 21.6. The van der Waals surface area contributed by atoms with Crippen molar-refractivity contribution >= 4 is 92.9 Å². The molecule has 0 unspecified atom stereocenters. The summed E-state index contributed by atoms with van der Waals surface area (Å²) in [5.41, 5.74) is 14.3. The van der Waals surface area contributed by atoms with Gasteiger partial charge < -0.3 is 9.47 Å². The minimum Gasteiger partial charge on any atom is -0.310 e. The largest absolute Gasteiger partial charge is 0.310 e. The van der Waals surface area contributed by atoms with Crippen molar-refractivity contribution in [2.45, 2.75) is 15.2 Å². The maximum absolute atomic E-state index is 2.52. The molecule has 0 saturated heterocycles. The van der Waals surface area contributed by atoms with Crippen LogP contribution >= 0.6 is 23.1 Å². The SMILES string of the molecule is c1ccc(-n2c3ccccc3c3ccc(N(c4ccc5c(c4)sc4ccccc45)c4ccc5c6c(cccc46)C4(c6ccccc6Sc6ccccc64)c4ccccc4-5)cc32)cc1. The van der Waals surface area contributed by atoms with Crippen molar-refractivity contribution in [3.05, 3.63) is 241 Å². The van der Waals surface area contributed by atoms with Crippen LogP contribution in [-0.4, -0.2) is 4.57 Å². The Bertz CT molecular complexity index is 3810. The van der Waals surface area contributed by atoms with E-state index in [4.69, 9.17) is 0 Å². The Kier molecular flexibility index (Phi) is 7.45. The van der Waals surface area contributed by atoms with Gasteiger partial charge in [0.15, 0.2) is 0 Å². The molecule has 12 aromatic rings. The van der Waals surface area contributed by atoms with E-state index in [1.807, 2.05) is 23.1 Å². The molecule has 2 aromatic heterocycles. The first-order valence-corrected chi connectivity index (χ1v) is 23.2. The molecule has 3 heterocycles. The van der Waals surface area contributed by atoms with Crippen LogP contribution in [0, 0.1) is 0 Å². The van der Waals surface area contributed by atoms with E-state index in [-0.39, 0.29) is 0 Å². The summed E-state index contributed by atoms with van der Waals surface area (Å²) in [6.45, 7) is 0. The molecular formula is C59H36N2S2. The highest BCUT2D eigenvalue weighted by Crippen LogP contribution is 2.62. The molecule has 63 heavy (non-hydrogen) atoms. The number of hydrogen-bond acceptors (Lipinski definition) is 3. The van der Waals surface area contributed by atoms with Crippen molar-refractivity contribution < 1.29 is 0 Å². The van der Waals surface area contributed by atoms with Crippen LogP contribution in [0.2, 0.25) is 0 Å². The average molecular weight is 837 g/mol. The fourth-order valence-corrected chi connectivity index (χ4v) is 13.5. The van der Waals surface area contributed by atoms with Gasteiger partial charge in [0.25, 0.3) is 0 Å². The third-order valence-corrected chi connectivity index (χ3v) is 15.9. The number of hydrogen-bond donors (Lipinski definition) is 0. The molecule has 294 valence electrons. The number of anilines is 3. The monoisotopic (exact) mass is 836 g/mol. The molecule has 0 fully saturated rings. The second-order valence-electron chi connectivity index (χ2n) is 16.8. The zero-order chi connectivity index (χ0) is 41.2. The van der Waals surface area contributed by atoms with Crippen LogP contribution < -0.4 is 4.90 Å². The van der Waals surface area contributed by atoms with Crippen molar-refractivity contribution in [3.8, 4) is 16.8 Å². The van der Waals surface area contributed by atoms with Gasteiger partial charge in [0.05, 0.1) is 22.1 Å². The number of rotatable bonds is 4. The van der Waals surface area contributed by atoms with Crippen LogP contribution in [0.4, 0.5) is 17.1 Å². The van der Waals surface area contributed by atoms with Crippen LogP contribution in [0.25, 0.3) is 69.6 Å². The molecule has 0 saturated carbocycles. The highest BCUT2D eigenvalue weighted by molar-refractivity contribution is 7.99. The number of para-hydroxylation sites is 2. The number of fused-ring (bicyclic) bond motifs is 14. The van der Waals surface area contributed by atoms with E-state index in [1.54, 1.807) is 0 Å². The van der Waals surface area contributed by atoms with Crippen molar-refractivity contribution in [2.75, 3.05) is 4.90 Å². The zero-order valence-corrected chi connectivity index (χ0v) is 35.6. The lowest BCUT2D eigenvalue weighted by atomic mass is 9.59. The standard InChI is InChI=1S/C59H36N2S2/c1-2-15-37(16-3-1)61-51-25-10-5-18-41(51)42-31-29-38(35-53(42)61)60(39-30-32-44-43-19-6-11-26-54(43)62-57(44)36-39)52-34-33-45-40-17-4-7-21-47(40)59(50-24-14-20-46(52)58(45)50)48-22-8-12-27-55(48)63-56-28-13-9-23-49(56)59/h1-36H. The molecule has 1 spiro atoms. The minimum absolute atomic E-state index is 0.503. The van der Waals surface area contributed by atoms with Gasteiger partial charge in [0.1, 0.15) is 0 Å². The number of thiophene rings is 1.